The van der Waals surface area contributed by atoms with Crippen LogP contribution in [0, 0.1) is 6.92 Å². The van der Waals surface area contributed by atoms with Crippen molar-refractivity contribution >= 4 is 17.7 Å². The summed E-state index contributed by atoms with van der Waals surface area (Å²) in [6.45, 7) is 1.47. The van der Waals surface area contributed by atoms with Gasteiger partial charge in [-0.2, -0.15) is 0 Å². The van der Waals surface area contributed by atoms with Crippen molar-refractivity contribution in [2.45, 2.75) is 50.7 Å². The Morgan fingerprint density at radius 1 is 0.974 bits per heavy atom. The summed E-state index contributed by atoms with van der Waals surface area (Å²) in [5.41, 5.74) is 2.15. The Bertz CT molecular complexity index is 1300. The van der Waals surface area contributed by atoms with E-state index in [1.54, 1.807) is 31.2 Å². The third kappa shape index (κ3) is 6.80. The van der Waals surface area contributed by atoms with Gasteiger partial charge in [-0.3, -0.25) is 14.4 Å². The van der Waals surface area contributed by atoms with Gasteiger partial charge in [0.05, 0.1) is 12.6 Å². The number of alkyl halides is 1. The van der Waals surface area contributed by atoms with Crippen LogP contribution in [0.1, 0.15) is 33.5 Å². The summed E-state index contributed by atoms with van der Waals surface area (Å²) >= 11 is 0. The van der Waals surface area contributed by atoms with Gasteiger partial charge in [-0.1, -0.05) is 66.7 Å². The number of aromatic hydroxyl groups is 1. The van der Waals surface area contributed by atoms with Gasteiger partial charge in [0.25, 0.3) is 11.8 Å². The number of aliphatic hydroxyl groups is 1. The molecule has 4 unspecified atom stereocenters. The Kier molecular flexibility index (Phi) is 8.93. The normalized spacial score (nSPS) is 18.3. The molecule has 4 N–H and O–H groups in total. The predicted molar refractivity (Wildman–Crippen MR) is 144 cm³/mol. The zero-order valence-electron chi connectivity index (χ0n) is 21.6. The Balaban J connectivity index is 1.52. The second-order valence-electron chi connectivity index (χ2n) is 9.71. The van der Waals surface area contributed by atoms with Crippen molar-refractivity contribution in [2.24, 2.45) is 0 Å². The smallest absolute Gasteiger partial charge is 0.254 e. The number of nitrogens with one attached hydrogen (secondary N) is 2. The summed E-state index contributed by atoms with van der Waals surface area (Å²) in [5, 5.41) is 26.7. The number of nitrogens with zero attached hydrogens (tertiary/aromatic N) is 1. The number of hydrogen-bond acceptors (Lipinski definition) is 5. The lowest BCUT2D eigenvalue weighted by Crippen LogP contribution is -2.55. The first-order valence-corrected chi connectivity index (χ1v) is 12.8. The van der Waals surface area contributed by atoms with Crippen molar-refractivity contribution in [3.8, 4) is 5.75 Å². The first-order chi connectivity index (χ1) is 18.7. The molecule has 3 amide bonds. The molecule has 0 spiro atoms. The second-order valence-corrected chi connectivity index (χ2v) is 9.71. The fourth-order valence-electron chi connectivity index (χ4n) is 4.75. The Hall–Kier alpha value is -4.24. The molecule has 1 heterocycles. The number of amides is 3. The molecule has 3 aromatic carbocycles. The van der Waals surface area contributed by atoms with Crippen LogP contribution >= 0.6 is 0 Å². The monoisotopic (exact) mass is 533 g/mol. The fraction of sp³-hybridized carbons (Fsp3) is 0.300. The number of benzene rings is 3. The Morgan fingerprint density at radius 2 is 1.62 bits per heavy atom. The predicted octanol–water partition coefficient (Wildman–Crippen LogP) is 2.66. The number of carbonyl (C=O) groups is 3. The third-order valence-electron chi connectivity index (χ3n) is 6.94. The summed E-state index contributed by atoms with van der Waals surface area (Å²) in [7, 11) is 0. The number of aliphatic hydroxyl groups excluding tert-OH is 1. The molecule has 39 heavy (non-hydrogen) atoms. The number of phenols is 1. The lowest BCUT2D eigenvalue weighted by atomic mass is 9.98. The molecule has 4 rings (SSSR count). The van der Waals surface area contributed by atoms with E-state index in [1.165, 1.54) is 18.2 Å². The van der Waals surface area contributed by atoms with Crippen molar-refractivity contribution in [1.29, 1.82) is 0 Å². The highest BCUT2D eigenvalue weighted by molar-refractivity contribution is 5.97. The van der Waals surface area contributed by atoms with E-state index in [0.717, 1.165) is 16.0 Å². The molecule has 1 saturated heterocycles. The maximum atomic E-state index is 14.5. The zero-order chi connectivity index (χ0) is 27.9. The van der Waals surface area contributed by atoms with Gasteiger partial charge in [0.2, 0.25) is 5.91 Å². The molecule has 0 aliphatic carbocycles. The molecule has 1 aliphatic rings. The standard InChI is InChI=1S/C30H32FN3O5/c1-19-23(13-8-14-26(19)35)28(37)33-24(15-20-9-4-2-5-10-20)27(36)30(39)34-18-22(31)16-25(34)29(38)32-17-21-11-6-3-7-12-21/h2-14,22,24-25,27,35-36H,15-18H2,1H3,(H,32,38)(H,33,37). The van der Waals surface area contributed by atoms with Gasteiger partial charge < -0.3 is 25.7 Å². The second kappa shape index (κ2) is 12.5. The van der Waals surface area contributed by atoms with Crippen molar-refractivity contribution in [2.75, 3.05) is 6.54 Å². The van der Waals surface area contributed by atoms with Crippen LogP contribution in [0.15, 0.2) is 78.9 Å². The van der Waals surface area contributed by atoms with E-state index in [9.17, 15) is 29.0 Å². The minimum atomic E-state index is -1.75. The SMILES string of the molecule is Cc1c(O)cccc1C(=O)NC(Cc1ccccc1)C(O)C(=O)N1CC(F)CC1C(=O)NCc1ccccc1. The van der Waals surface area contributed by atoms with E-state index in [4.69, 9.17) is 0 Å². The molecule has 0 saturated carbocycles. The minimum Gasteiger partial charge on any atom is -0.508 e. The summed E-state index contributed by atoms with van der Waals surface area (Å²) < 4.78 is 14.5. The quantitative estimate of drug-likeness (QED) is 0.337. The lowest BCUT2D eigenvalue weighted by Gasteiger charge is -2.30. The summed E-state index contributed by atoms with van der Waals surface area (Å²) in [6, 6.07) is 20.5. The van der Waals surface area contributed by atoms with Gasteiger partial charge in [0.15, 0.2) is 6.10 Å². The van der Waals surface area contributed by atoms with Crippen molar-refractivity contribution in [3.63, 3.8) is 0 Å². The number of rotatable bonds is 9. The number of likely N-dealkylation sites (tertiary alicyclic amines) is 1. The molecule has 204 valence electrons. The summed E-state index contributed by atoms with van der Waals surface area (Å²) in [5.74, 6) is -2.00. The van der Waals surface area contributed by atoms with Gasteiger partial charge in [0.1, 0.15) is 18.0 Å². The third-order valence-corrected chi connectivity index (χ3v) is 6.94. The molecule has 4 atom stereocenters. The molecular weight excluding hydrogens is 501 g/mol. The number of carbonyl (C=O) groups excluding carboxylic acids is 3. The van der Waals surface area contributed by atoms with E-state index in [-0.39, 0.29) is 37.2 Å². The number of phenolic OH excluding ortho intramolecular Hbond substituents is 1. The van der Waals surface area contributed by atoms with E-state index >= 15 is 0 Å². The van der Waals surface area contributed by atoms with Crippen LogP contribution in [0.5, 0.6) is 5.75 Å². The maximum Gasteiger partial charge on any atom is 0.254 e. The Morgan fingerprint density at radius 3 is 2.28 bits per heavy atom. The van der Waals surface area contributed by atoms with Crippen LogP contribution in [0.2, 0.25) is 0 Å². The first-order valence-electron chi connectivity index (χ1n) is 12.8. The minimum absolute atomic E-state index is 0.0608. The number of hydrogen-bond donors (Lipinski definition) is 4. The van der Waals surface area contributed by atoms with Crippen LogP contribution in [0.3, 0.4) is 0 Å². The largest absolute Gasteiger partial charge is 0.508 e. The highest BCUT2D eigenvalue weighted by atomic mass is 19.1. The molecule has 9 heteroatoms. The summed E-state index contributed by atoms with van der Waals surface area (Å²) in [6.07, 6.45) is -3.25. The zero-order valence-corrected chi connectivity index (χ0v) is 21.6. The molecule has 0 aromatic heterocycles. The molecule has 1 aliphatic heterocycles. The van der Waals surface area contributed by atoms with Crippen LogP contribution in [0.4, 0.5) is 4.39 Å². The summed E-state index contributed by atoms with van der Waals surface area (Å²) in [4.78, 5) is 40.6. The van der Waals surface area contributed by atoms with Crippen molar-refractivity contribution < 1.29 is 29.0 Å². The van der Waals surface area contributed by atoms with Crippen LogP contribution < -0.4 is 10.6 Å². The van der Waals surface area contributed by atoms with Crippen molar-refractivity contribution in [3.05, 3.63) is 101 Å². The maximum absolute atomic E-state index is 14.5. The van der Waals surface area contributed by atoms with Gasteiger partial charge >= 0.3 is 0 Å². The van der Waals surface area contributed by atoms with Gasteiger partial charge in [0, 0.05) is 24.1 Å². The van der Waals surface area contributed by atoms with Gasteiger partial charge in [-0.15, -0.1) is 0 Å². The average molecular weight is 534 g/mol. The molecule has 8 nitrogen and oxygen atoms in total. The Labute approximate surface area is 226 Å². The van der Waals surface area contributed by atoms with E-state index in [1.807, 2.05) is 36.4 Å². The molecule has 0 bridgehead atoms. The lowest BCUT2D eigenvalue weighted by molar-refractivity contribution is -0.146. The van der Waals surface area contributed by atoms with Crippen molar-refractivity contribution in [1.82, 2.24) is 15.5 Å². The van der Waals surface area contributed by atoms with Gasteiger partial charge in [-0.05, 0) is 36.6 Å². The molecule has 1 fully saturated rings. The van der Waals surface area contributed by atoms with Crippen LogP contribution in [-0.2, 0) is 22.6 Å². The first kappa shape index (κ1) is 27.8. The van der Waals surface area contributed by atoms with Crippen LogP contribution in [-0.4, -0.2) is 63.7 Å². The van der Waals surface area contributed by atoms with Gasteiger partial charge in [-0.25, -0.2) is 4.39 Å². The highest BCUT2D eigenvalue weighted by Crippen LogP contribution is 2.24. The highest BCUT2D eigenvalue weighted by Gasteiger charge is 2.43. The van der Waals surface area contributed by atoms with E-state index in [0.29, 0.717) is 5.56 Å². The number of halogens is 1. The van der Waals surface area contributed by atoms with E-state index < -0.39 is 42.1 Å². The van der Waals surface area contributed by atoms with E-state index in [2.05, 4.69) is 10.6 Å². The fourth-order valence-corrected chi connectivity index (χ4v) is 4.75. The molecule has 3 aromatic rings. The topological polar surface area (TPSA) is 119 Å². The average Bonchev–Trinajstić information content (AvgIpc) is 3.34. The van der Waals surface area contributed by atoms with Crippen LogP contribution in [0.25, 0.3) is 0 Å². The molecule has 0 radical (unpaired) electrons. The molecular formula is C30H32FN3O5.